The third-order valence-corrected chi connectivity index (χ3v) is 2.07. The van der Waals surface area contributed by atoms with Gasteiger partial charge in [0.05, 0.1) is 0 Å². The summed E-state index contributed by atoms with van der Waals surface area (Å²) in [6.07, 6.45) is -1.03. The van der Waals surface area contributed by atoms with Gasteiger partial charge in [0.1, 0.15) is 0 Å². The van der Waals surface area contributed by atoms with E-state index >= 15 is 0 Å². The monoisotopic (exact) mass is 208 g/mol. The average Bonchev–Trinajstić information content (AvgIpc) is 2.02. The lowest BCUT2D eigenvalue weighted by atomic mass is 10.3. The third-order valence-electron chi connectivity index (χ3n) is 1.80. The zero-order valence-electron chi connectivity index (χ0n) is 7.82. The number of halogens is 1. The van der Waals surface area contributed by atoms with Crippen LogP contribution in [0.3, 0.4) is 0 Å². The van der Waals surface area contributed by atoms with Gasteiger partial charge >= 0.3 is 11.5 Å². The first kappa shape index (κ1) is 12.0. The van der Waals surface area contributed by atoms with E-state index in [-0.39, 0.29) is 12.6 Å². The molecule has 0 heterocycles. The van der Waals surface area contributed by atoms with Crippen LogP contribution in [0.4, 0.5) is 9.59 Å². The van der Waals surface area contributed by atoms with Gasteiger partial charge in [0.2, 0.25) is 0 Å². The Morgan fingerprint density at radius 3 is 2.23 bits per heavy atom. The number of carbonyl (C=O) groups is 2. The summed E-state index contributed by atoms with van der Waals surface area (Å²) in [5.41, 5.74) is 0. The molecule has 0 bridgehead atoms. The number of rotatable bonds is 3. The van der Waals surface area contributed by atoms with E-state index < -0.39 is 11.5 Å². The Labute approximate surface area is 81.9 Å². The van der Waals surface area contributed by atoms with Gasteiger partial charge in [-0.05, 0) is 18.5 Å². The molecule has 0 rings (SSSR count). The lowest BCUT2D eigenvalue weighted by molar-refractivity contribution is 0.142. The number of likely N-dealkylation sites (N-methyl/N-ethyl adjacent to an activating group) is 2. The lowest BCUT2D eigenvalue weighted by Gasteiger charge is -2.25. The second-order valence-corrected chi connectivity index (χ2v) is 3.20. The SMILES string of the molecule is CC(CN(C)C(=O)O)N(C)C(=O)Cl. The first-order valence-electron chi connectivity index (χ1n) is 3.72. The summed E-state index contributed by atoms with van der Waals surface area (Å²) in [6, 6.07) is -0.230. The number of hydrogen-bond acceptors (Lipinski definition) is 2. The summed E-state index contributed by atoms with van der Waals surface area (Å²) in [7, 11) is 2.96. The van der Waals surface area contributed by atoms with Crippen molar-refractivity contribution >= 4 is 23.1 Å². The predicted octanol–water partition coefficient (Wildman–Crippen LogP) is 1.28. The van der Waals surface area contributed by atoms with Crippen molar-refractivity contribution in [3.8, 4) is 0 Å². The van der Waals surface area contributed by atoms with Crippen LogP contribution in [0.15, 0.2) is 0 Å². The molecule has 5 nitrogen and oxygen atoms in total. The summed E-state index contributed by atoms with van der Waals surface area (Å²) in [6.45, 7) is 1.96. The molecule has 6 heteroatoms. The molecule has 0 aromatic rings. The van der Waals surface area contributed by atoms with E-state index in [0.29, 0.717) is 0 Å². The van der Waals surface area contributed by atoms with Crippen molar-refractivity contribution in [3.63, 3.8) is 0 Å². The second kappa shape index (κ2) is 4.91. The molecule has 0 saturated heterocycles. The predicted molar refractivity (Wildman–Crippen MR) is 49.1 cm³/mol. The van der Waals surface area contributed by atoms with E-state index in [9.17, 15) is 9.59 Å². The quantitative estimate of drug-likeness (QED) is 0.561. The molecule has 0 aliphatic rings. The molecule has 1 N–H and O–H groups in total. The van der Waals surface area contributed by atoms with Gasteiger partial charge in [0, 0.05) is 26.7 Å². The van der Waals surface area contributed by atoms with Crippen LogP contribution in [0, 0.1) is 0 Å². The number of carboxylic acid groups (broad SMARTS) is 1. The molecule has 2 amide bonds. The number of hydrogen-bond donors (Lipinski definition) is 1. The largest absolute Gasteiger partial charge is 0.465 e. The molecule has 0 aromatic carbocycles. The molecule has 1 atom stereocenters. The zero-order chi connectivity index (χ0) is 10.6. The highest BCUT2D eigenvalue weighted by Gasteiger charge is 2.17. The van der Waals surface area contributed by atoms with Crippen LogP contribution in [0.25, 0.3) is 0 Å². The van der Waals surface area contributed by atoms with Crippen molar-refractivity contribution in [3.05, 3.63) is 0 Å². The van der Waals surface area contributed by atoms with Crippen LogP contribution >= 0.6 is 11.6 Å². The first-order valence-corrected chi connectivity index (χ1v) is 4.10. The Morgan fingerprint density at radius 1 is 1.46 bits per heavy atom. The maximum absolute atomic E-state index is 10.7. The molecule has 76 valence electrons. The maximum atomic E-state index is 10.7. The Bertz CT molecular complexity index is 210. The molecule has 1 unspecified atom stereocenters. The minimum Gasteiger partial charge on any atom is -0.465 e. The Hall–Kier alpha value is -0.970. The van der Waals surface area contributed by atoms with Gasteiger partial charge in [0.15, 0.2) is 0 Å². The minimum absolute atomic E-state index is 0.230. The molecule has 0 aliphatic heterocycles. The molecule has 0 aliphatic carbocycles. The van der Waals surface area contributed by atoms with E-state index in [1.807, 2.05) is 0 Å². The normalized spacial score (nSPS) is 12.0. The van der Waals surface area contributed by atoms with Crippen molar-refractivity contribution in [1.29, 1.82) is 0 Å². The summed E-state index contributed by atoms with van der Waals surface area (Å²) < 4.78 is 0. The van der Waals surface area contributed by atoms with E-state index in [1.54, 1.807) is 6.92 Å². The summed E-state index contributed by atoms with van der Waals surface area (Å²) in [4.78, 5) is 23.5. The number of carbonyl (C=O) groups excluding carboxylic acids is 1. The highest BCUT2D eigenvalue weighted by atomic mass is 35.5. The van der Waals surface area contributed by atoms with Gasteiger partial charge in [-0.1, -0.05) is 0 Å². The van der Waals surface area contributed by atoms with Crippen molar-refractivity contribution in [2.24, 2.45) is 0 Å². The number of nitrogens with zero attached hydrogens (tertiary/aromatic N) is 2. The molecule has 0 fully saturated rings. The minimum atomic E-state index is -1.03. The van der Waals surface area contributed by atoms with Gasteiger partial charge in [-0.2, -0.15) is 0 Å². The molecular formula is C7H13ClN2O3. The van der Waals surface area contributed by atoms with Crippen LogP contribution in [0.2, 0.25) is 0 Å². The van der Waals surface area contributed by atoms with Crippen LogP contribution in [-0.2, 0) is 0 Å². The summed E-state index contributed by atoms with van der Waals surface area (Å²) >= 11 is 5.21. The highest BCUT2D eigenvalue weighted by Crippen LogP contribution is 2.02. The van der Waals surface area contributed by atoms with Gasteiger partial charge in [-0.3, -0.25) is 4.79 Å². The zero-order valence-corrected chi connectivity index (χ0v) is 8.58. The van der Waals surface area contributed by atoms with Crippen molar-refractivity contribution in [2.75, 3.05) is 20.6 Å². The molecule has 0 spiro atoms. The average molecular weight is 209 g/mol. The van der Waals surface area contributed by atoms with Gasteiger partial charge < -0.3 is 14.9 Å². The van der Waals surface area contributed by atoms with E-state index in [1.165, 1.54) is 19.0 Å². The van der Waals surface area contributed by atoms with Crippen LogP contribution < -0.4 is 0 Å². The fourth-order valence-corrected chi connectivity index (χ4v) is 0.937. The second-order valence-electron chi connectivity index (χ2n) is 2.88. The standard InChI is InChI=1S/C7H13ClN2O3/c1-5(10(3)6(8)11)4-9(2)7(12)13/h5H,4H2,1-3H3,(H,12,13). The molecule has 0 aromatic heterocycles. The third kappa shape index (κ3) is 3.98. The van der Waals surface area contributed by atoms with E-state index in [4.69, 9.17) is 16.7 Å². The van der Waals surface area contributed by atoms with Crippen LogP contribution in [0.5, 0.6) is 0 Å². The van der Waals surface area contributed by atoms with Gasteiger partial charge in [-0.25, -0.2) is 4.79 Å². The summed E-state index contributed by atoms with van der Waals surface area (Å²) in [5.74, 6) is 0. The summed E-state index contributed by atoms with van der Waals surface area (Å²) in [5, 5.41) is 7.95. The van der Waals surface area contributed by atoms with Crippen molar-refractivity contribution < 1.29 is 14.7 Å². The Morgan fingerprint density at radius 2 is 1.92 bits per heavy atom. The van der Waals surface area contributed by atoms with Crippen molar-refractivity contribution in [1.82, 2.24) is 9.80 Å². The van der Waals surface area contributed by atoms with Crippen LogP contribution in [-0.4, -0.2) is 53.0 Å². The Kier molecular flexibility index (Phi) is 4.55. The van der Waals surface area contributed by atoms with Gasteiger partial charge in [0.25, 0.3) is 0 Å². The first-order chi connectivity index (χ1) is 5.86. The lowest BCUT2D eigenvalue weighted by Crippen LogP contribution is -2.41. The Balaban J connectivity index is 4.06. The smallest absolute Gasteiger partial charge is 0.407 e. The highest BCUT2D eigenvalue weighted by molar-refractivity contribution is 6.62. The maximum Gasteiger partial charge on any atom is 0.407 e. The van der Waals surface area contributed by atoms with Gasteiger partial charge in [-0.15, -0.1) is 0 Å². The molecule has 0 saturated carbocycles. The fraction of sp³-hybridized carbons (Fsp3) is 0.714. The topological polar surface area (TPSA) is 60.9 Å². The fourth-order valence-electron chi connectivity index (χ4n) is 0.770. The van der Waals surface area contributed by atoms with Crippen LogP contribution in [0.1, 0.15) is 6.92 Å². The van der Waals surface area contributed by atoms with E-state index in [0.717, 1.165) is 4.90 Å². The number of amides is 2. The molecule has 13 heavy (non-hydrogen) atoms. The van der Waals surface area contributed by atoms with E-state index in [2.05, 4.69) is 0 Å². The van der Waals surface area contributed by atoms with Crippen molar-refractivity contribution in [2.45, 2.75) is 13.0 Å². The molecule has 0 radical (unpaired) electrons. The molecular weight excluding hydrogens is 196 g/mol.